The van der Waals surface area contributed by atoms with Crippen molar-refractivity contribution in [3.05, 3.63) is 0 Å². The van der Waals surface area contributed by atoms with Gasteiger partial charge in [0, 0.05) is 5.92 Å². The minimum Gasteiger partial charge on any atom is -0.390 e. The standard InChI is InChI=1S/C24H38O2/c1-14(25)21-12-20(15-4-5-15)22-19-7-6-16-13-23(2,26)10-8-17(16)18(19)9-11-24(21,22)3/h15-22,26H,4-13H2,1-3H3/t16-,17+,18-,19?,20+,21-,22-,23-,24-/m1/s1. The molecule has 1 unspecified atom stereocenters. The molecule has 0 spiro atoms. The van der Waals surface area contributed by atoms with E-state index in [-0.39, 0.29) is 5.41 Å². The summed E-state index contributed by atoms with van der Waals surface area (Å²) >= 11 is 0. The quantitative estimate of drug-likeness (QED) is 0.734. The van der Waals surface area contributed by atoms with Gasteiger partial charge in [0.1, 0.15) is 5.78 Å². The first-order valence-electron chi connectivity index (χ1n) is 11.5. The second kappa shape index (κ2) is 5.82. The minimum atomic E-state index is -0.416. The van der Waals surface area contributed by atoms with Crippen LogP contribution in [0.15, 0.2) is 0 Å². The average molecular weight is 359 g/mol. The van der Waals surface area contributed by atoms with Crippen molar-refractivity contribution in [2.45, 2.75) is 90.6 Å². The van der Waals surface area contributed by atoms with E-state index in [1.54, 1.807) is 0 Å². The fourth-order valence-electron chi connectivity index (χ4n) is 8.90. The lowest BCUT2D eigenvalue weighted by Gasteiger charge is -2.57. The number of carbonyl (C=O) groups is 1. The summed E-state index contributed by atoms with van der Waals surface area (Å²) in [6.45, 7) is 6.43. The van der Waals surface area contributed by atoms with Gasteiger partial charge in [-0.15, -0.1) is 0 Å². The molecule has 0 saturated heterocycles. The maximum Gasteiger partial charge on any atom is 0.133 e. The first kappa shape index (κ1) is 17.7. The summed E-state index contributed by atoms with van der Waals surface area (Å²) in [6, 6.07) is 0. The van der Waals surface area contributed by atoms with Crippen LogP contribution in [0.25, 0.3) is 0 Å². The normalized spacial score (nSPS) is 56.4. The fourth-order valence-corrected chi connectivity index (χ4v) is 8.90. The molecule has 5 fully saturated rings. The Hall–Kier alpha value is -0.370. The van der Waals surface area contributed by atoms with Crippen molar-refractivity contribution in [1.29, 1.82) is 0 Å². The molecular formula is C24H38O2. The van der Waals surface area contributed by atoms with Gasteiger partial charge < -0.3 is 5.11 Å². The van der Waals surface area contributed by atoms with Crippen LogP contribution in [0.4, 0.5) is 0 Å². The zero-order valence-corrected chi connectivity index (χ0v) is 17.0. The number of Topliss-reactive ketones (excluding diaryl/α,β-unsaturated/α-hetero) is 1. The van der Waals surface area contributed by atoms with E-state index >= 15 is 0 Å². The van der Waals surface area contributed by atoms with Crippen molar-refractivity contribution in [2.75, 3.05) is 0 Å². The minimum absolute atomic E-state index is 0.285. The van der Waals surface area contributed by atoms with Gasteiger partial charge in [0.2, 0.25) is 0 Å². The number of fused-ring (bicyclic) bond motifs is 5. The van der Waals surface area contributed by atoms with Crippen molar-refractivity contribution in [1.82, 2.24) is 0 Å². The van der Waals surface area contributed by atoms with E-state index in [0.29, 0.717) is 11.7 Å². The first-order chi connectivity index (χ1) is 12.3. The van der Waals surface area contributed by atoms with Crippen molar-refractivity contribution in [3.63, 3.8) is 0 Å². The van der Waals surface area contributed by atoms with E-state index in [1.165, 1.54) is 51.4 Å². The van der Waals surface area contributed by atoms with Crippen molar-refractivity contribution < 1.29 is 9.90 Å². The van der Waals surface area contributed by atoms with E-state index < -0.39 is 5.60 Å². The highest BCUT2D eigenvalue weighted by Gasteiger charge is 2.63. The summed E-state index contributed by atoms with van der Waals surface area (Å²) in [5.41, 5.74) is -0.131. The number of ketones is 1. The highest BCUT2D eigenvalue weighted by molar-refractivity contribution is 5.79. The van der Waals surface area contributed by atoms with E-state index in [0.717, 1.165) is 54.3 Å². The predicted octanol–water partition coefficient (Wildman–Crippen LogP) is 5.23. The lowest BCUT2D eigenvalue weighted by molar-refractivity contribution is -0.131. The van der Waals surface area contributed by atoms with Gasteiger partial charge in [-0.3, -0.25) is 4.79 Å². The van der Waals surface area contributed by atoms with E-state index in [2.05, 4.69) is 13.8 Å². The summed E-state index contributed by atoms with van der Waals surface area (Å²) in [5.74, 6) is 6.76. The van der Waals surface area contributed by atoms with Crippen LogP contribution in [-0.2, 0) is 4.79 Å². The van der Waals surface area contributed by atoms with Gasteiger partial charge in [-0.1, -0.05) is 6.92 Å². The van der Waals surface area contributed by atoms with Crippen molar-refractivity contribution in [2.24, 2.45) is 52.8 Å². The number of hydrogen-bond acceptors (Lipinski definition) is 2. The molecule has 0 radical (unpaired) electrons. The molecule has 5 aliphatic rings. The monoisotopic (exact) mass is 358 g/mol. The van der Waals surface area contributed by atoms with Gasteiger partial charge in [-0.05, 0) is 125 Å². The topological polar surface area (TPSA) is 37.3 Å². The molecule has 5 rings (SSSR count). The van der Waals surface area contributed by atoms with Gasteiger partial charge in [0.15, 0.2) is 0 Å². The average Bonchev–Trinajstić information content (AvgIpc) is 3.35. The van der Waals surface area contributed by atoms with E-state index in [9.17, 15) is 9.90 Å². The fraction of sp³-hybridized carbons (Fsp3) is 0.958. The summed E-state index contributed by atoms with van der Waals surface area (Å²) in [4.78, 5) is 12.5. The SMILES string of the molecule is CC(=O)[C@H]1C[C@@H](C2CC2)[C@H]2C3CC[C@@H]4C[C@](C)(O)CC[C@@H]4[C@H]3CC[C@]12C. The van der Waals surface area contributed by atoms with Crippen LogP contribution in [0.2, 0.25) is 0 Å². The van der Waals surface area contributed by atoms with Crippen molar-refractivity contribution in [3.8, 4) is 0 Å². The molecule has 2 heteroatoms. The molecule has 0 aromatic heterocycles. The second-order valence-corrected chi connectivity index (χ2v) is 11.5. The Balaban J connectivity index is 1.44. The lowest BCUT2D eigenvalue weighted by atomic mass is 9.48. The molecule has 146 valence electrons. The molecule has 0 aliphatic heterocycles. The molecule has 1 N–H and O–H groups in total. The summed E-state index contributed by atoms with van der Waals surface area (Å²) in [6.07, 6.45) is 12.7. The Bertz CT molecular complexity index is 591. The number of rotatable bonds is 2. The third kappa shape index (κ3) is 2.57. The summed E-state index contributed by atoms with van der Waals surface area (Å²) in [7, 11) is 0. The van der Waals surface area contributed by atoms with Gasteiger partial charge in [-0.2, -0.15) is 0 Å². The maximum atomic E-state index is 12.5. The van der Waals surface area contributed by atoms with Crippen LogP contribution in [0.1, 0.15) is 85.0 Å². The molecule has 0 amide bonds. The van der Waals surface area contributed by atoms with Gasteiger partial charge in [0.25, 0.3) is 0 Å². The summed E-state index contributed by atoms with van der Waals surface area (Å²) in [5, 5.41) is 10.6. The Morgan fingerprint density at radius 3 is 2.23 bits per heavy atom. The van der Waals surface area contributed by atoms with Crippen LogP contribution in [0.3, 0.4) is 0 Å². The largest absolute Gasteiger partial charge is 0.390 e. The number of carbonyl (C=O) groups excluding carboxylic acids is 1. The Labute approximate surface area is 159 Å². The van der Waals surface area contributed by atoms with E-state index in [1.807, 2.05) is 6.92 Å². The zero-order valence-electron chi connectivity index (χ0n) is 17.0. The molecule has 5 aliphatic carbocycles. The zero-order chi connectivity index (χ0) is 18.3. The first-order valence-corrected chi connectivity index (χ1v) is 11.5. The molecule has 0 heterocycles. The van der Waals surface area contributed by atoms with Gasteiger partial charge >= 0.3 is 0 Å². The molecule has 0 aromatic rings. The smallest absolute Gasteiger partial charge is 0.133 e. The lowest BCUT2D eigenvalue weighted by Crippen LogP contribution is -2.52. The Kier molecular flexibility index (Phi) is 3.96. The third-order valence-electron chi connectivity index (χ3n) is 10.0. The van der Waals surface area contributed by atoms with Crippen LogP contribution in [0.5, 0.6) is 0 Å². The van der Waals surface area contributed by atoms with Crippen LogP contribution >= 0.6 is 0 Å². The highest BCUT2D eigenvalue weighted by atomic mass is 16.3. The highest BCUT2D eigenvalue weighted by Crippen LogP contribution is 2.69. The third-order valence-corrected chi connectivity index (χ3v) is 10.0. The molecule has 9 atom stereocenters. The molecule has 2 nitrogen and oxygen atoms in total. The molecular weight excluding hydrogens is 320 g/mol. The van der Waals surface area contributed by atoms with E-state index in [4.69, 9.17) is 0 Å². The van der Waals surface area contributed by atoms with Gasteiger partial charge in [-0.25, -0.2) is 0 Å². The van der Waals surface area contributed by atoms with Crippen LogP contribution in [0, 0.1) is 52.8 Å². The summed E-state index contributed by atoms with van der Waals surface area (Å²) < 4.78 is 0. The number of aliphatic hydroxyl groups is 1. The molecule has 0 aromatic carbocycles. The maximum absolute atomic E-state index is 12.5. The van der Waals surface area contributed by atoms with Crippen LogP contribution in [-0.4, -0.2) is 16.5 Å². The number of hydrogen-bond donors (Lipinski definition) is 1. The predicted molar refractivity (Wildman–Crippen MR) is 104 cm³/mol. The Morgan fingerprint density at radius 2 is 1.54 bits per heavy atom. The molecule has 26 heavy (non-hydrogen) atoms. The van der Waals surface area contributed by atoms with Crippen molar-refractivity contribution >= 4 is 5.78 Å². The Morgan fingerprint density at radius 1 is 0.846 bits per heavy atom. The van der Waals surface area contributed by atoms with Crippen LogP contribution < -0.4 is 0 Å². The molecule has 5 saturated carbocycles. The molecule has 0 bridgehead atoms. The second-order valence-electron chi connectivity index (χ2n) is 11.5. The van der Waals surface area contributed by atoms with Gasteiger partial charge in [0.05, 0.1) is 5.60 Å².